The lowest BCUT2D eigenvalue weighted by molar-refractivity contribution is 0.466. The van der Waals surface area contributed by atoms with Crippen LogP contribution in [0, 0.1) is 0 Å². The Morgan fingerprint density at radius 1 is 0.720 bits per heavy atom. The fourth-order valence-corrected chi connectivity index (χ4v) is 3.17. The van der Waals surface area contributed by atoms with Crippen LogP contribution in [0.25, 0.3) is 22.6 Å². The van der Waals surface area contributed by atoms with Crippen LogP contribution in [0.3, 0.4) is 0 Å². The molecular weight excluding hydrogens is 330 g/mol. The molecule has 5 heteroatoms. The Morgan fingerprint density at radius 3 is 2.20 bits per heavy atom. The van der Waals surface area contributed by atoms with Crippen molar-refractivity contribution in [3.8, 4) is 22.6 Å². The van der Waals surface area contributed by atoms with Gasteiger partial charge in [0.15, 0.2) is 0 Å². The number of benzene rings is 2. The van der Waals surface area contributed by atoms with E-state index in [9.17, 15) is 0 Å². The van der Waals surface area contributed by atoms with E-state index < -0.39 is 0 Å². The lowest BCUT2D eigenvalue weighted by Crippen LogP contribution is -1.82. The molecule has 0 aliphatic rings. The smallest absolute Gasteiger partial charge is 0.277 e. The van der Waals surface area contributed by atoms with E-state index in [0.29, 0.717) is 11.1 Å². The van der Waals surface area contributed by atoms with E-state index in [1.807, 2.05) is 18.2 Å². The molecule has 2 heterocycles. The summed E-state index contributed by atoms with van der Waals surface area (Å²) in [6.45, 7) is 0. The van der Waals surface area contributed by atoms with Gasteiger partial charge in [-0.1, -0.05) is 66.4 Å². The lowest BCUT2D eigenvalue weighted by Gasteiger charge is -2.03. The Hall–Kier alpha value is -2.92. The number of nitrogens with zero attached hydrogens (tertiary/aromatic N) is 3. The van der Waals surface area contributed by atoms with Gasteiger partial charge in [0.1, 0.15) is 0 Å². The molecule has 2 aromatic heterocycles. The van der Waals surface area contributed by atoms with Gasteiger partial charge in [0.05, 0.1) is 0 Å². The van der Waals surface area contributed by atoms with Crippen molar-refractivity contribution in [1.29, 1.82) is 0 Å². The Kier molecular flexibility index (Phi) is 4.57. The highest BCUT2D eigenvalue weighted by Crippen LogP contribution is 2.26. The number of thioether (sulfide) groups is 1. The molecule has 0 spiro atoms. The van der Waals surface area contributed by atoms with E-state index in [2.05, 4.69) is 63.7 Å². The van der Waals surface area contributed by atoms with Gasteiger partial charge in [0.2, 0.25) is 5.89 Å². The molecule has 4 rings (SSSR count). The summed E-state index contributed by atoms with van der Waals surface area (Å²) in [7, 11) is 0. The predicted octanol–water partition coefficient (Wildman–Crippen LogP) is 5.09. The summed E-state index contributed by atoms with van der Waals surface area (Å²) >= 11 is 1.53. The molecule has 0 bridgehead atoms. The normalized spacial score (nSPS) is 10.7. The third-order valence-electron chi connectivity index (χ3n) is 3.76. The highest BCUT2D eigenvalue weighted by Gasteiger charge is 2.09. The summed E-state index contributed by atoms with van der Waals surface area (Å²) in [5.41, 5.74) is 4.53. The van der Waals surface area contributed by atoms with Crippen LogP contribution in [0.4, 0.5) is 0 Å². The van der Waals surface area contributed by atoms with Gasteiger partial charge in [-0.25, -0.2) is 0 Å². The minimum absolute atomic E-state index is 0.518. The van der Waals surface area contributed by atoms with E-state index >= 15 is 0 Å². The maximum Gasteiger partial charge on any atom is 0.277 e. The van der Waals surface area contributed by atoms with Crippen LogP contribution >= 0.6 is 11.8 Å². The van der Waals surface area contributed by atoms with Gasteiger partial charge >= 0.3 is 0 Å². The fourth-order valence-electron chi connectivity index (χ4n) is 2.45. The second-order valence-corrected chi connectivity index (χ2v) is 6.39. The standard InChI is InChI=1S/C20H15N3OS/c1-2-4-16(5-3-1)17-8-6-15(7-9-17)14-25-20-23-22-19(24-20)18-10-12-21-13-11-18/h1-13H,14H2. The average Bonchev–Trinajstić information content (AvgIpc) is 3.17. The molecule has 2 aromatic carbocycles. The lowest BCUT2D eigenvalue weighted by atomic mass is 10.0. The van der Waals surface area contributed by atoms with Crippen molar-refractivity contribution in [1.82, 2.24) is 15.2 Å². The van der Waals surface area contributed by atoms with Crippen molar-refractivity contribution < 1.29 is 4.42 Å². The number of hydrogen-bond acceptors (Lipinski definition) is 5. The van der Waals surface area contributed by atoms with Gasteiger partial charge in [-0.05, 0) is 28.8 Å². The molecule has 25 heavy (non-hydrogen) atoms. The third-order valence-corrected chi connectivity index (χ3v) is 4.65. The van der Waals surface area contributed by atoms with Crippen LogP contribution in [0.1, 0.15) is 5.56 Å². The molecule has 0 fully saturated rings. The Balaban J connectivity index is 1.41. The van der Waals surface area contributed by atoms with Gasteiger partial charge in [0, 0.05) is 23.7 Å². The molecular formula is C20H15N3OS. The zero-order valence-electron chi connectivity index (χ0n) is 13.4. The number of rotatable bonds is 5. The summed E-state index contributed by atoms with van der Waals surface area (Å²) in [6.07, 6.45) is 3.42. The molecule has 4 nitrogen and oxygen atoms in total. The molecule has 0 saturated carbocycles. The predicted molar refractivity (Wildman–Crippen MR) is 99.0 cm³/mol. The van der Waals surface area contributed by atoms with Gasteiger partial charge in [-0.3, -0.25) is 4.98 Å². The highest BCUT2D eigenvalue weighted by molar-refractivity contribution is 7.98. The molecule has 0 amide bonds. The topological polar surface area (TPSA) is 51.8 Å². The number of hydrogen-bond donors (Lipinski definition) is 0. The molecule has 0 atom stereocenters. The van der Waals surface area contributed by atoms with Crippen molar-refractivity contribution in [2.45, 2.75) is 11.0 Å². The quantitative estimate of drug-likeness (QED) is 0.472. The molecule has 0 N–H and O–H groups in total. The largest absolute Gasteiger partial charge is 0.411 e. The third kappa shape index (κ3) is 3.78. The van der Waals surface area contributed by atoms with Gasteiger partial charge in [-0.2, -0.15) is 0 Å². The summed E-state index contributed by atoms with van der Waals surface area (Å²) in [6, 6.07) is 22.6. The van der Waals surface area contributed by atoms with Crippen LogP contribution in [0.2, 0.25) is 0 Å². The average molecular weight is 345 g/mol. The molecule has 122 valence electrons. The summed E-state index contributed by atoms with van der Waals surface area (Å²) in [4.78, 5) is 3.99. The Morgan fingerprint density at radius 2 is 1.44 bits per heavy atom. The minimum Gasteiger partial charge on any atom is -0.411 e. The SMILES string of the molecule is c1ccc(-c2ccc(CSc3nnc(-c4ccncc4)o3)cc2)cc1. The number of aromatic nitrogens is 3. The van der Waals surface area contributed by atoms with E-state index in [1.54, 1.807) is 12.4 Å². The fraction of sp³-hybridized carbons (Fsp3) is 0.0500. The molecule has 0 saturated heterocycles. The second kappa shape index (κ2) is 7.32. The number of pyridine rings is 1. The molecule has 4 aromatic rings. The highest BCUT2D eigenvalue weighted by atomic mass is 32.2. The first kappa shape index (κ1) is 15.6. The second-order valence-electron chi connectivity index (χ2n) is 5.46. The minimum atomic E-state index is 0.518. The van der Waals surface area contributed by atoms with Crippen LogP contribution in [0.15, 0.2) is 88.8 Å². The monoisotopic (exact) mass is 345 g/mol. The summed E-state index contributed by atoms with van der Waals surface area (Å²) in [5.74, 6) is 1.30. The van der Waals surface area contributed by atoms with Gasteiger partial charge in [0.25, 0.3) is 5.22 Å². The Bertz CT molecular complexity index is 938. The van der Waals surface area contributed by atoms with E-state index in [1.165, 1.54) is 28.5 Å². The van der Waals surface area contributed by atoms with E-state index in [0.717, 1.165) is 11.3 Å². The first-order chi connectivity index (χ1) is 12.4. The van der Waals surface area contributed by atoms with Crippen molar-refractivity contribution >= 4 is 11.8 Å². The first-order valence-corrected chi connectivity index (χ1v) is 8.88. The van der Waals surface area contributed by atoms with Crippen molar-refractivity contribution in [3.05, 3.63) is 84.7 Å². The zero-order chi connectivity index (χ0) is 16.9. The zero-order valence-corrected chi connectivity index (χ0v) is 14.2. The summed E-state index contributed by atoms with van der Waals surface area (Å²) in [5, 5.41) is 8.75. The first-order valence-electron chi connectivity index (χ1n) is 7.89. The van der Waals surface area contributed by atoms with Crippen molar-refractivity contribution in [2.24, 2.45) is 0 Å². The van der Waals surface area contributed by atoms with E-state index in [-0.39, 0.29) is 0 Å². The van der Waals surface area contributed by atoms with Gasteiger partial charge in [-0.15, -0.1) is 10.2 Å². The molecule has 0 radical (unpaired) electrons. The summed E-state index contributed by atoms with van der Waals surface area (Å²) < 4.78 is 5.70. The Labute approximate surface area is 150 Å². The molecule has 0 aliphatic carbocycles. The van der Waals surface area contributed by atoms with Crippen LogP contribution in [-0.2, 0) is 5.75 Å². The van der Waals surface area contributed by atoms with Crippen molar-refractivity contribution in [2.75, 3.05) is 0 Å². The van der Waals surface area contributed by atoms with Crippen LogP contribution in [0.5, 0.6) is 0 Å². The van der Waals surface area contributed by atoms with Gasteiger partial charge < -0.3 is 4.42 Å². The molecule has 0 aliphatic heterocycles. The van der Waals surface area contributed by atoms with Crippen LogP contribution in [-0.4, -0.2) is 15.2 Å². The maximum atomic E-state index is 5.70. The molecule has 0 unspecified atom stereocenters. The maximum absolute atomic E-state index is 5.70. The van der Waals surface area contributed by atoms with Crippen LogP contribution < -0.4 is 0 Å². The van der Waals surface area contributed by atoms with E-state index in [4.69, 9.17) is 4.42 Å². The van der Waals surface area contributed by atoms with Crippen molar-refractivity contribution in [3.63, 3.8) is 0 Å².